The number of rotatable bonds is 5. The molecular weight excluding hydrogens is 274 g/mol. The molecule has 1 aliphatic rings. The minimum absolute atomic E-state index is 0.720. The van der Waals surface area contributed by atoms with Gasteiger partial charge < -0.3 is 5.32 Å². The van der Waals surface area contributed by atoms with Crippen LogP contribution in [0.15, 0.2) is 40.9 Å². The summed E-state index contributed by atoms with van der Waals surface area (Å²) in [6.45, 7) is 3.18. The summed E-state index contributed by atoms with van der Waals surface area (Å²) in [5, 5.41) is 3.61. The number of halogens is 1. The maximum Gasteiger partial charge on any atom is 0.0210 e. The van der Waals surface area contributed by atoms with Gasteiger partial charge in [0.25, 0.3) is 0 Å². The number of allylic oxidation sites excluding steroid dienone is 1. The zero-order valence-corrected chi connectivity index (χ0v) is 11.9. The van der Waals surface area contributed by atoms with Crippen molar-refractivity contribution in [2.45, 2.75) is 38.1 Å². The van der Waals surface area contributed by atoms with Gasteiger partial charge in [0.1, 0.15) is 0 Å². The molecule has 0 atom stereocenters. The van der Waals surface area contributed by atoms with Gasteiger partial charge in [0.2, 0.25) is 0 Å². The Bertz CT molecular complexity index is 380. The molecule has 0 saturated heterocycles. The van der Waals surface area contributed by atoms with E-state index in [-0.39, 0.29) is 0 Å². The maximum atomic E-state index is 3.64. The van der Waals surface area contributed by atoms with Gasteiger partial charge in [-0.15, -0.1) is 0 Å². The molecule has 1 aromatic carbocycles. The molecule has 1 fully saturated rings. The highest BCUT2D eigenvalue weighted by atomic mass is 79.9. The van der Waals surface area contributed by atoms with Crippen molar-refractivity contribution in [3.8, 4) is 0 Å². The van der Waals surface area contributed by atoms with Crippen LogP contribution in [0, 0.1) is 0 Å². The molecule has 0 unspecified atom stereocenters. The first-order chi connectivity index (χ1) is 8.31. The van der Waals surface area contributed by atoms with Crippen LogP contribution < -0.4 is 5.32 Å². The number of benzene rings is 1. The van der Waals surface area contributed by atoms with Crippen molar-refractivity contribution in [2.75, 3.05) is 6.54 Å². The Morgan fingerprint density at radius 3 is 2.82 bits per heavy atom. The molecule has 0 spiro atoms. The van der Waals surface area contributed by atoms with Crippen molar-refractivity contribution in [2.24, 2.45) is 0 Å². The topological polar surface area (TPSA) is 12.0 Å². The molecule has 17 heavy (non-hydrogen) atoms. The smallest absolute Gasteiger partial charge is 0.0210 e. The predicted octanol–water partition coefficient (Wildman–Crippen LogP) is 4.25. The van der Waals surface area contributed by atoms with Crippen LogP contribution in [0.25, 0.3) is 0 Å². The van der Waals surface area contributed by atoms with Gasteiger partial charge in [0.15, 0.2) is 0 Å². The van der Waals surface area contributed by atoms with E-state index in [4.69, 9.17) is 0 Å². The summed E-state index contributed by atoms with van der Waals surface area (Å²) in [4.78, 5) is 0. The van der Waals surface area contributed by atoms with Crippen molar-refractivity contribution in [1.82, 2.24) is 5.32 Å². The van der Waals surface area contributed by atoms with Crippen LogP contribution >= 0.6 is 15.9 Å². The summed E-state index contributed by atoms with van der Waals surface area (Å²) in [7, 11) is 0. The first-order valence-electron chi connectivity index (χ1n) is 6.40. The van der Waals surface area contributed by atoms with Gasteiger partial charge in [-0.2, -0.15) is 0 Å². The van der Waals surface area contributed by atoms with Crippen molar-refractivity contribution < 1.29 is 0 Å². The summed E-state index contributed by atoms with van der Waals surface area (Å²) in [5.74, 6) is 0.741. The third-order valence-corrected chi connectivity index (χ3v) is 4.19. The number of hydrogen-bond donors (Lipinski definition) is 1. The van der Waals surface area contributed by atoms with E-state index in [1.54, 1.807) is 0 Å². The van der Waals surface area contributed by atoms with Crippen molar-refractivity contribution >= 4 is 15.9 Å². The van der Waals surface area contributed by atoms with Crippen LogP contribution in [-0.2, 0) is 0 Å². The fourth-order valence-corrected chi connectivity index (χ4v) is 2.99. The Labute approximate surface area is 112 Å². The fourth-order valence-electron chi connectivity index (χ4n) is 2.38. The lowest BCUT2D eigenvalue weighted by Gasteiger charge is -2.37. The fraction of sp³-hybridized carbons (Fsp3) is 0.467. The molecule has 0 heterocycles. The summed E-state index contributed by atoms with van der Waals surface area (Å²) in [6.07, 6.45) is 8.03. The van der Waals surface area contributed by atoms with Gasteiger partial charge in [0, 0.05) is 10.5 Å². The van der Waals surface area contributed by atoms with Crippen LogP contribution in [0.3, 0.4) is 0 Å². The minimum Gasteiger partial charge on any atom is -0.314 e. The molecule has 0 aromatic heterocycles. The Morgan fingerprint density at radius 1 is 1.35 bits per heavy atom. The quantitative estimate of drug-likeness (QED) is 0.632. The lowest BCUT2D eigenvalue weighted by molar-refractivity contribution is 0.292. The van der Waals surface area contributed by atoms with Gasteiger partial charge in [-0.3, -0.25) is 0 Å². The molecule has 0 bridgehead atoms. The average Bonchev–Trinajstić information content (AvgIpc) is 2.28. The molecular formula is C15H20BrN. The second-order valence-corrected chi connectivity index (χ2v) is 5.55. The Morgan fingerprint density at radius 2 is 2.12 bits per heavy atom. The summed E-state index contributed by atoms with van der Waals surface area (Å²) >= 11 is 3.64. The monoisotopic (exact) mass is 293 g/mol. The van der Waals surface area contributed by atoms with Crippen LogP contribution in [0.5, 0.6) is 0 Å². The molecule has 2 heteroatoms. The van der Waals surface area contributed by atoms with E-state index in [2.05, 4.69) is 64.6 Å². The summed E-state index contributed by atoms with van der Waals surface area (Å²) in [5.41, 5.74) is 1.47. The summed E-state index contributed by atoms with van der Waals surface area (Å²) < 4.78 is 1.26. The third kappa shape index (κ3) is 3.43. The SMILES string of the molecule is C/C=C/CCNC1CC(c2ccccc2Br)C1. The molecule has 1 aliphatic carbocycles. The van der Waals surface area contributed by atoms with Crippen LogP contribution in [0.2, 0.25) is 0 Å². The largest absolute Gasteiger partial charge is 0.314 e. The van der Waals surface area contributed by atoms with E-state index < -0.39 is 0 Å². The van der Waals surface area contributed by atoms with E-state index in [9.17, 15) is 0 Å². The second-order valence-electron chi connectivity index (χ2n) is 4.70. The molecule has 1 aromatic rings. The molecule has 1 N–H and O–H groups in total. The van der Waals surface area contributed by atoms with Gasteiger partial charge in [0.05, 0.1) is 0 Å². The minimum atomic E-state index is 0.720. The molecule has 1 saturated carbocycles. The second kappa shape index (κ2) is 6.36. The average molecular weight is 294 g/mol. The predicted molar refractivity (Wildman–Crippen MR) is 77.3 cm³/mol. The van der Waals surface area contributed by atoms with Crippen molar-refractivity contribution in [1.29, 1.82) is 0 Å². The van der Waals surface area contributed by atoms with E-state index in [1.807, 2.05) is 0 Å². The number of nitrogens with one attached hydrogen (secondary N) is 1. The highest BCUT2D eigenvalue weighted by Gasteiger charge is 2.30. The first kappa shape index (κ1) is 12.8. The maximum absolute atomic E-state index is 3.64. The van der Waals surface area contributed by atoms with E-state index >= 15 is 0 Å². The van der Waals surface area contributed by atoms with Gasteiger partial charge in [-0.05, 0) is 50.3 Å². The van der Waals surface area contributed by atoms with E-state index in [0.29, 0.717) is 0 Å². The Balaban J connectivity index is 1.74. The van der Waals surface area contributed by atoms with Crippen molar-refractivity contribution in [3.05, 3.63) is 46.5 Å². The van der Waals surface area contributed by atoms with Gasteiger partial charge >= 0.3 is 0 Å². The Kier molecular flexibility index (Phi) is 4.81. The molecule has 0 radical (unpaired) electrons. The summed E-state index contributed by atoms with van der Waals surface area (Å²) in [6, 6.07) is 9.32. The van der Waals surface area contributed by atoms with Crippen LogP contribution in [0.1, 0.15) is 37.7 Å². The highest BCUT2D eigenvalue weighted by molar-refractivity contribution is 9.10. The zero-order chi connectivity index (χ0) is 12.1. The Hall–Kier alpha value is -0.600. The molecule has 1 nitrogen and oxygen atoms in total. The molecule has 2 rings (SSSR count). The van der Waals surface area contributed by atoms with Crippen LogP contribution in [-0.4, -0.2) is 12.6 Å². The molecule has 92 valence electrons. The third-order valence-electron chi connectivity index (χ3n) is 3.46. The van der Waals surface area contributed by atoms with Gasteiger partial charge in [-0.1, -0.05) is 46.3 Å². The zero-order valence-electron chi connectivity index (χ0n) is 10.3. The standard InChI is InChI=1S/C15H20BrN/c1-2-3-6-9-17-13-10-12(11-13)14-7-4-5-8-15(14)16/h2-5,7-8,12-13,17H,6,9-11H2,1H3/b3-2+. The van der Waals surface area contributed by atoms with E-state index in [0.717, 1.165) is 24.9 Å². The normalized spacial score (nSPS) is 23.9. The first-order valence-corrected chi connectivity index (χ1v) is 7.19. The van der Waals surface area contributed by atoms with Crippen LogP contribution in [0.4, 0.5) is 0 Å². The lowest BCUT2D eigenvalue weighted by Crippen LogP contribution is -2.40. The molecule has 0 amide bonds. The highest BCUT2D eigenvalue weighted by Crippen LogP contribution is 2.39. The van der Waals surface area contributed by atoms with Gasteiger partial charge in [-0.25, -0.2) is 0 Å². The lowest BCUT2D eigenvalue weighted by atomic mass is 9.76. The van der Waals surface area contributed by atoms with Crippen molar-refractivity contribution in [3.63, 3.8) is 0 Å². The van der Waals surface area contributed by atoms with E-state index in [1.165, 1.54) is 22.9 Å². The number of hydrogen-bond acceptors (Lipinski definition) is 1. The molecule has 0 aliphatic heterocycles.